The molecule has 1 amide bonds. The predicted molar refractivity (Wildman–Crippen MR) is 49.3 cm³/mol. The average molecular weight is 183 g/mol. The molecular formula is C10H17NO2. The van der Waals surface area contributed by atoms with Gasteiger partial charge >= 0.3 is 0 Å². The summed E-state index contributed by atoms with van der Waals surface area (Å²) >= 11 is 0. The zero-order chi connectivity index (χ0) is 9.53. The molecule has 1 N–H and O–H groups in total. The Balaban J connectivity index is 2.24. The molecule has 0 aromatic heterocycles. The fourth-order valence-corrected chi connectivity index (χ4v) is 2.57. The van der Waals surface area contributed by atoms with Gasteiger partial charge < -0.3 is 10.1 Å². The van der Waals surface area contributed by atoms with Crippen LogP contribution in [0.2, 0.25) is 0 Å². The highest BCUT2D eigenvalue weighted by atomic mass is 16.5. The summed E-state index contributed by atoms with van der Waals surface area (Å²) in [5, 5.41) is 3.14. The molecule has 0 atom stereocenters. The molecule has 0 saturated carbocycles. The molecular weight excluding hydrogens is 166 g/mol. The zero-order valence-electron chi connectivity index (χ0n) is 8.35. The first-order valence-corrected chi connectivity index (χ1v) is 4.95. The Hall–Kier alpha value is -0.570. The molecule has 0 aromatic carbocycles. The number of carbonyl (C=O) groups excluding carboxylic acids is 1. The molecule has 2 saturated heterocycles. The smallest absolute Gasteiger partial charge is 0.221 e. The van der Waals surface area contributed by atoms with Gasteiger partial charge in [-0.05, 0) is 18.3 Å². The molecule has 0 radical (unpaired) electrons. The van der Waals surface area contributed by atoms with Crippen molar-refractivity contribution in [1.29, 1.82) is 0 Å². The van der Waals surface area contributed by atoms with E-state index >= 15 is 0 Å². The average Bonchev–Trinajstić information content (AvgIpc) is 2.23. The molecule has 13 heavy (non-hydrogen) atoms. The lowest BCUT2D eigenvalue weighted by Crippen LogP contribution is -2.53. The van der Waals surface area contributed by atoms with Crippen LogP contribution < -0.4 is 5.32 Å². The highest BCUT2D eigenvalue weighted by Crippen LogP contribution is 2.45. The summed E-state index contributed by atoms with van der Waals surface area (Å²) in [6.07, 6.45) is 2.59. The Morgan fingerprint density at radius 3 is 2.38 bits per heavy atom. The lowest BCUT2D eigenvalue weighted by atomic mass is 9.69. The minimum absolute atomic E-state index is 0.0162. The summed E-state index contributed by atoms with van der Waals surface area (Å²) in [5.41, 5.74) is 0.107. The zero-order valence-corrected chi connectivity index (χ0v) is 8.35. The van der Waals surface area contributed by atoms with Gasteiger partial charge in [-0.1, -0.05) is 13.8 Å². The van der Waals surface area contributed by atoms with Crippen LogP contribution in [0.1, 0.15) is 33.1 Å². The van der Waals surface area contributed by atoms with Crippen molar-refractivity contribution in [2.75, 3.05) is 13.2 Å². The third kappa shape index (κ3) is 1.26. The molecule has 0 unspecified atom stereocenters. The number of nitrogens with one attached hydrogen (secondary N) is 1. The van der Waals surface area contributed by atoms with Crippen LogP contribution in [-0.4, -0.2) is 24.7 Å². The Kier molecular flexibility index (Phi) is 1.88. The van der Waals surface area contributed by atoms with Crippen molar-refractivity contribution in [2.24, 2.45) is 5.41 Å². The van der Waals surface area contributed by atoms with Crippen LogP contribution in [0.5, 0.6) is 0 Å². The van der Waals surface area contributed by atoms with Crippen LogP contribution in [-0.2, 0) is 9.53 Å². The molecule has 1 spiro atoms. The van der Waals surface area contributed by atoms with E-state index in [1.54, 1.807) is 0 Å². The van der Waals surface area contributed by atoms with Gasteiger partial charge in [0.2, 0.25) is 5.91 Å². The van der Waals surface area contributed by atoms with Gasteiger partial charge in [-0.15, -0.1) is 0 Å². The number of rotatable bonds is 0. The van der Waals surface area contributed by atoms with Gasteiger partial charge in [-0.2, -0.15) is 0 Å². The van der Waals surface area contributed by atoms with E-state index in [4.69, 9.17) is 4.74 Å². The van der Waals surface area contributed by atoms with Crippen molar-refractivity contribution in [3.05, 3.63) is 0 Å². The van der Waals surface area contributed by atoms with Crippen LogP contribution in [0.3, 0.4) is 0 Å². The van der Waals surface area contributed by atoms with Crippen LogP contribution in [0, 0.1) is 5.41 Å². The highest BCUT2D eigenvalue weighted by Gasteiger charge is 2.52. The first-order chi connectivity index (χ1) is 6.06. The summed E-state index contributed by atoms with van der Waals surface area (Å²) in [6, 6.07) is 0. The minimum Gasteiger partial charge on any atom is -0.381 e. The van der Waals surface area contributed by atoms with Crippen molar-refractivity contribution in [1.82, 2.24) is 5.32 Å². The van der Waals surface area contributed by atoms with Crippen LogP contribution in [0.15, 0.2) is 0 Å². The molecule has 0 aromatic rings. The molecule has 2 heterocycles. The summed E-state index contributed by atoms with van der Waals surface area (Å²) in [4.78, 5) is 11.4. The van der Waals surface area contributed by atoms with Crippen molar-refractivity contribution in [3.8, 4) is 0 Å². The Morgan fingerprint density at radius 2 is 1.92 bits per heavy atom. The quantitative estimate of drug-likeness (QED) is 0.610. The second kappa shape index (κ2) is 2.71. The highest BCUT2D eigenvalue weighted by molar-refractivity contribution is 5.80. The van der Waals surface area contributed by atoms with E-state index in [1.165, 1.54) is 0 Å². The van der Waals surface area contributed by atoms with Crippen LogP contribution in [0.4, 0.5) is 0 Å². The summed E-state index contributed by atoms with van der Waals surface area (Å²) in [5.74, 6) is 0.201. The van der Waals surface area contributed by atoms with E-state index in [2.05, 4.69) is 19.2 Å². The van der Waals surface area contributed by atoms with E-state index in [-0.39, 0.29) is 16.9 Å². The largest absolute Gasteiger partial charge is 0.381 e. The van der Waals surface area contributed by atoms with Crippen molar-refractivity contribution < 1.29 is 9.53 Å². The minimum atomic E-state index is 0.0162. The van der Waals surface area contributed by atoms with Crippen LogP contribution >= 0.6 is 0 Å². The summed E-state index contributed by atoms with van der Waals surface area (Å²) in [6.45, 7) is 5.92. The van der Waals surface area contributed by atoms with Gasteiger partial charge in [-0.25, -0.2) is 0 Å². The Bertz CT molecular complexity index is 229. The molecule has 0 bridgehead atoms. The first-order valence-electron chi connectivity index (χ1n) is 4.95. The fraction of sp³-hybridized carbons (Fsp3) is 0.900. The monoisotopic (exact) mass is 183 g/mol. The van der Waals surface area contributed by atoms with Crippen LogP contribution in [0.25, 0.3) is 0 Å². The molecule has 2 aliphatic rings. The molecule has 0 aliphatic carbocycles. The predicted octanol–water partition coefficient (Wildman–Crippen LogP) is 1.08. The molecule has 74 valence electrons. The molecule has 2 aliphatic heterocycles. The molecule has 3 heteroatoms. The van der Waals surface area contributed by atoms with Crippen molar-refractivity contribution in [2.45, 2.75) is 38.6 Å². The summed E-state index contributed by atoms with van der Waals surface area (Å²) in [7, 11) is 0. The van der Waals surface area contributed by atoms with Crippen molar-refractivity contribution >= 4 is 5.91 Å². The lowest BCUT2D eigenvalue weighted by Gasteiger charge is -2.43. The number of ether oxygens (including phenoxy) is 1. The maximum atomic E-state index is 11.4. The summed E-state index contributed by atoms with van der Waals surface area (Å²) < 4.78 is 5.33. The number of hydrogen-bond acceptors (Lipinski definition) is 2. The van der Waals surface area contributed by atoms with E-state index in [0.717, 1.165) is 26.1 Å². The van der Waals surface area contributed by atoms with Gasteiger partial charge in [0.1, 0.15) is 0 Å². The fourth-order valence-electron chi connectivity index (χ4n) is 2.57. The Labute approximate surface area is 78.8 Å². The van der Waals surface area contributed by atoms with E-state index in [9.17, 15) is 4.79 Å². The van der Waals surface area contributed by atoms with E-state index in [0.29, 0.717) is 6.42 Å². The number of carbonyl (C=O) groups is 1. The van der Waals surface area contributed by atoms with Gasteiger partial charge in [0, 0.05) is 25.2 Å². The second-order valence-electron chi connectivity index (χ2n) is 4.80. The topological polar surface area (TPSA) is 38.3 Å². The third-order valence-corrected chi connectivity index (χ3v) is 3.62. The molecule has 2 rings (SSSR count). The van der Waals surface area contributed by atoms with E-state index in [1.807, 2.05) is 0 Å². The second-order valence-corrected chi connectivity index (χ2v) is 4.80. The maximum Gasteiger partial charge on any atom is 0.221 e. The van der Waals surface area contributed by atoms with Gasteiger partial charge in [-0.3, -0.25) is 4.79 Å². The standard InChI is InChI=1S/C10H17NO2/c1-9(2)7-8(12)11-10(9)3-5-13-6-4-10/h3-7H2,1-2H3,(H,11,12). The maximum absolute atomic E-state index is 11.4. The Morgan fingerprint density at radius 1 is 1.31 bits per heavy atom. The molecule has 3 nitrogen and oxygen atoms in total. The normalized spacial score (nSPS) is 30.5. The van der Waals surface area contributed by atoms with Gasteiger partial charge in [0.25, 0.3) is 0 Å². The first kappa shape index (κ1) is 9.00. The number of hydrogen-bond donors (Lipinski definition) is 1. The third-order valence-electron chi connectivity index (χ3n) is 3.62. The van der Waals surface area contributed by atoms with Gasteiger partial charge in [0.15, 0.2) is 0 Å². The number of amides is 1. The SMILES string of the molecule is CC1(C)CC(=O)NC12CCOCC2. The molecule has 2 fully saturated rings. The van der Waals surface area contributed by atoms with E-state index < -0.39 is 0 Å². The van der Waals surface area contributed by atoms with Crippen molar-refractivity contribution in [3.63, 3.8) is 0 Å². The lowest BCUT2D eigenvalue weighted by molar-refractivity contribution is -0.120. The van der Waals surface area contributed by atoms with Gasteiger partial charge in [0.05, 0.1) is 0 Å².